The van der Waals surface area contributed by atoms with Crippen molar-refractivity contribution in [3.8, 4) is 0 Å². The lowest BCUT2D eigenvalue weighted by molar-refractivity contribution is 0.149. The normalized spacial score (nSPS) is 11.0. The molecule has 1 N–H and O–H groups in total. The fourth-order valence-electron chi connectivity index (χ4n) is 1.10. The van der Waals surface area contributed by atoms with Crippen LogP contribution in [-0.4, -0.2) is 10.1 Å². The first-order chi connectivity index (χ1) is 6.61. The van der Waals surface area contributed by atoms with Crippen LogP contribution in [0.3, 0.4) is 0 Å². The number of hydrogen-bond acceptors (Lipinski definition) is 2. The second-order valence-electron chi connectivity index (χ2n) is 2.54. The second kappa shape index (κ2) is 5.32. The molecule has 0 aliphatic heterocycles. The zero-order valence-electron chi connectivity index (χ0n) is 6.98. The van der Waals surface area contributed by atoms with Crippen LogP contribution in [0.25, 0.3) is 0 Å². The van der Waals surface area contributed by atoms with Crippen LogP contribution in [0.1, 0.15) is 23.2 Å². The van der Waals surface area contributed by atoms with E-state index in [0.29, 0.717) is 14.8 Å². The summed E-state index contributed by atoms with van der Waals surface area (Å²) in [6.07, 6.45) is -1.19. The van der Waals surface area contributed by atoms with E-state index in [2.05, 4.69) is 20.9 Å². The summed E-state index contributed by atoms with van der Waals surface area (Å²) in [4.78, 5) is 3.89. The maximum atomic E-state index is 12.7. The van der Waals surface area contributed by atoms with Crippen molar-refractivity contribution in [1.29, 1.82) is 0 Å². The Kier molecular flexibility index (Phi) is 4.65. The maximum absolute atomic E-state index is 12.7. The lowest BCUT2D eigenvalue weighted by Gasteiger charge is -2.11. The van der Waals surface area contributed by atoms with Gasteiger partial charge >= 0.3 is 0 Å². The SMILES string of the molecule is OCc1ncc(I)c(C(F)F)c1CBr. The number of pyridine rings is 1. The molecule has 2 nitrogen and oxygen atoms in total. The van der Waals surface area contributed by atoms with Gasteiger partial charge in [0.2, 0.25) is 0 Å². The third kappa shape index (κ3) is 2.40. The molecule has 0 unspecified atom stereocenters. The molecule has 1 aromatic heterocycles. The molecule has 0 aromatic carbocycles. The lowest BCUT2D eigenvalue weighted by atomic mass is 10.1. The Morgan fingerprint density at radius 3 is 2.64 bits per heavy atom. The fraction of sp³-hybridized carbons (Fsp3) is 0.375. The van der Waals surface area contributed by atoms with E-state index >= 15 is 0 Å². The molecule has 0 aliphatic carbocycles. The monoisotopic (exact) mass is 377 g/mol. The highest BCUT2D eigenvalue weighted by Gasteiger charge is 2.19. The number of nitrogens with zero attached hydrogens (tertiary/aromatic N) is 1. The Labute approximate surface area is 102 Å². The molecule has 0 saturated carbocycles. The van der Waals surface area contributed by atoms with Crippen molar-refractivity contribution >= 4 is 38.5 Å². The van der Waals surface area contributed by atoms with E-state index < -0.39 is 6.43 Å². The number of hydrogen-bond donors (Lipinski definition) is 1. The van der Waals surface area contributed by atoms with Gasteiger partial charge in [0, 0.05) is 20.7 Å². The number of aromatic nitrogens is 1. The Bertz CT molecular complexity index is 335. The van der Waals surface area contributed by atoms with Crippen LogP contribution in [0, 0.1) is 3.57 Å². The second-order valence-corrected chi connectivity index (χ2v) is 4.26. The zero-order valence-corrected chi connectivity index (χ0v) is 10.7. The van der Waals surface area contributed by atoms with Crippen molar-refractivity contribution in [2.75, 3.05) is 0 Å². The highest BCUT2D eigenvalue weighted by Crippen LogP contribution is 2.30. The predicted octanol–water partition coefficient (Wildman–Crippen LogP) is 3.01. The average Bonchev–Trinajstić information content (AvgIpc) is 2.16. The van der Waals surface area contributed by atoms with Gasteiger partial charge in [-0.15, -0.1) is 0 Å². The summed E-state index contributed by atoms with van der Waals surface area (Å²) in [7, 11) is 0. The van der Waals surface area contributed by atoms with Gasteiger partial charge in [0.15, 0.2) is 0 Å². The highest BCUT2D eigenvalue weighted by atomic mass is 127. The molecule has 0 fully saturated rings. The van der Waals surface area contributed by atoms with Crippen molar-refractivity contribution < 1.29 is 13.9 Å². The number of halogens is 4. The predicted molar refractivity (Wildman–Crippen MR) is 60.5 cm³/mol. The minimum absolute atomic E-state index is 0.0403. The van der Waals surface area contributed by atoms with Gasteiger partial charge in [-0.05, 0) is 28.2 Å². The Morgan fingerprint density at radius 2 is 2.21 bits per heavy atom. The van der Waals surface area contributed by atoms with Gasteiger partial charge in [-0.2, -0.15) is 0 Å². The molecular formula is C8H7BrF2INO. The average molecular weight is 378 g/mol. The Hall–Kier alpha value is 0.180. The number of aliphatic hydroxyl groups excluding tert-OH is 1. The van der Waals surface area contributed by atoms with Crippen LogP contribution >= 0.6 is 38.5 Å². The molecule has 1 rings (SSSR count). The van der Waals surface area contributed by atoms with Gasteiger partial charge in [-0.25, -0.2) is 8.78 Å². The molecule has 14 heavy (non-hydrogen) atoms. The lowest BCUT2D eigenvalue weighted by Crippen LogP contribution is -2.04. The van der Waals surface area contributed by atoms with Crippen molar-refractivity contribution in [2.24, 2.45) is 0 Å². The topological polar surface area (TPSA) is 33.1 Å². The van der Waals surface area contributed by atoms with Gasteiger partial charge in [0.25, 0.3) is 6.43 Å². The van der Waals surface area contributed by atoms with E-state index in [9.17, 15) is 8.78 Å². The van der Waals surface area contributed by atoms with Crippen LogP contribution in [-0.2, 0) is 11.9 Å². The Morgan fingerprint density at radius 1 is 1.57 bits per heavy atom. The van der Waals surface area contributed by atoms with Gasteiger partial charge < -0.3 is 5.11 Å². The molecule has 6 heteroatoms. The molecule has 78 valence electrons. The van der Waals surface area contributed by atoms with Crippen molar-refractivity contribution in [2.45, 2.75) is 18.4 Å². The third-order valence-corrected chi connectivity index (χ3v) is 3.19. The molecule has 0 bridgehead atoms. The van der Waals surface area contributed by atoms with Crippen LogP contribution in [0.2, 0.25) is 0 Å². The van der Waals surface area contributed by atoms with Crippen LogP contribution in [0.5, 0.6) is 0 Å². The minimum atomic E-state index is -2.54. The Balaban J connectivity index is 3.35. The first-order valence-electron chi connectivity index (χ1n) is 3.73. The number of aliphatic hydroxyl groups is 1. The summed E-state index contributed by atoms with van der Waals surface area (Å²) >= 11 is 4.93. The maximum Gasteiger partial charge on any atom is 0.265 e. The van der Waals surface area contributed by atoms with Crippen LogP contribution < -0.4 is 0 Å². The zero-order chi connectivity index (χ0) is 10.7. The molecule has 0 saturated heterocycles. The number of rotatable bonds is 3. The summed E-state index contributed by atoms with van der Waals surface area (Å²) in [6, 6.07) is 0. The molecule has 0 spiro atoms. The van der Waals surface area contributed by atoms with Gasteiger partial charge in [-0.1, -0.05) is 15.9 Å². The smallest absolute Gasteiger partial charge is 0.265 e. The van der Waals surface area contributed by atoms with Gasteiger partial charge in [0.1, 0.15) is 0 Å². The summed E-state index contributed by atoms with van der Waals surface area (Å²) in [5, 5.41) is 9.19. The van der Waals surface area contributed by atoms with Crippen molar-refractivity contribution in [3.05, 3.63) is 26.6 Å². The highest BCUT2D eigenvalue weighted by molar-refractivity contribution is 14.1. The third-order valence-electron chi connectivity index (χ3n) is 1.77. The summed E-state index contributed by atoms with van der Waals surface area (Å²) in [5.41, 5.74) is 0.647. The van der Waals surface area contributed by atoms with Crippen LogP contribution in [0.4, 0.5) is 8.78 Å². The van der Waals surface area contributed by atoms with E-state index in [1.54, 1.807) is 0 Å². The van der Waals surface area contributed by atoms with Crippen molar-refractivity contribution in [3.63, 3.8) is 0 Å². The molecule has 0 aliphatic rings. The summed E-state index contributed by atoms with van der Waals surface area (Å²) in [5.74, 6) is 0. The van der Waals surface area contributed by atoms with E-state index in [1.807, 2.05) is 22.6 Å². The summed E-state index contributed by atoms with van der Waals surface area (Å²) in [6.45, 7) is -0.322. The molecule has 1 aromatic rings. The van der Waals surface area contributed by atoms with Gasteiger partial charge in [0.05, 0.1) is 12.3 Å². The number of alkyl halides is 3. The summed E-state index contributed by atoms with van der Waals surface area (Å²) < 4.78 is 25.7. The quantitative estimate of drug-likeness (QED) is 0.648. The van der Waals surface area contributed by atoms with Crippen LogP contribution in [0.15, 0.2) is 6.20 Å². The van der Waals surface area contributed by atoms with E-state index in [-0.39, 0.29) is 17.5 Å². The standard InChI is InChI=1S/C8H7BrF2INO/c9-1-4-6(3-14)13-2-5(12)7(4)8(10)11/h2,8,14H,1,3H2. The molecule has 0 atom stereocenters. The van der Waals surface area contributed by atoms with Crippen molar-refractivity contribution in [1.82, 2.24) is 4.98 Å². The van der Waals surface area contributed by atoms with E-state index in [0.717, 1.165) is 0 Å². The first-order valence-corrected chi connectivity index (χ1v) is 5.93. The molecular weight excluding hydrogens is 371 g/mol. The van der Waals surface area contributed by atoms with E-state index in [4.69, 9.17) is 5.11 Å². The molecule has 1 heterocycles. The van der Waals surface area contributed by atoms with Gasteiger partial charge in [-0.3, -0.25) is 4.98 Å². The fourth-order valence-corrected chi connectivity index (χ4v) is 2.43. The minimum Gasteiger partial charge on any atom is -0.390 e. The largest absolute Gasteiger partial charge is 0.390 e. The molecule has 0 radical (unpaired) electrons. The first kappa shape index (κ1) is 12.3. The van der Waals surface area contributed by atoms with E-state index in [1.165, 1.54) is 6.20 Å². The molecule has 0 amide bonds.